The van der Waals surface area contributed by atoms with E-state index < -0.39 is 11.9 Å². The van der Waals surface area contributed by atoms with Crippen LogP contribution in [0.1, 0.15) is 36.1 Å². The Labute approximate surface area is 154 Å². The lowest BCUT2D eigenvalue weighted by Crippen LogP contribution is -2.23. The summed E-state index contributed by atoms with van der Waals surface area (Å²) in [7, 11) is 1.63. The van der Waals surface area contributed by atoms with Crippen molar-refractivity contribution in [3.05, 3.63) is 47.3 Å². The first-order chi connectivity index (χ1) is 12.5. The van der Waals surface area contributed by atoms with Crippen molar-refractivity contribution < 1.29 is 14.6 Å². The lowest BCUT2D eigenvalue weighted by molar-refractivity contribution is -0.141. The van der Waals surface area contributed by atoms with Crippen LogP contribution in [-0.4, -0.2) is 46.0 Å². The van der Waals surface area contributed by atoms with E-state index in [0.29, 0.717) is 13.1 Å². The van der Waals surface area contributed by atoms with Crippen molar-refractivity contribution in [3.8, 4) is 5.75 Å². The molecule has 3 rings (SSSR count). The summed E-state index contributed by atoms with van der Waals surface area (Å²) in [5, 5.41) is 14.2. The van der Waals surface area contributed by atoms with Gasteiger partial charge in [-0.05, 0) is 25.0 Å². The SMILES string of the molecule is CCCn1ncc(CN2C[C@H](C(=O)O)[C@@H](c3ccccc3OC)C2)c1C. The predicted molar refractivity (Wildman–Crippen MR) is 99.4 cm³/mol. The van der Waals surface area contributed by atoms with E-state index in [1.807, 2.05) is 35.1 Å². The maximum atomic E-state index is 11.9. The zero-order valence-corrected chi connectivity index (χ0v) is 15.7. The second-order valence-electron chi connectivity index (χ2n) is 6.97. The molecule has 26 heavy (non-hydrogen) atoms. The number of aryl methyl sites for hydroxylation is 1. The number of methoxy groups -OCH3 is 1. The van der Waals surface area contributed by atoms with Gasteiger partial charge in [-0.15, -0.1) is 0 Å². The summed E-state index contributed by atoms with van der Waals surface area (Å²) < 4.78 is 7.49. The molecule has 1 aromatic heterocycles. The number of nitrogens with zero attached hydrogens (tertiary/aromatic N) is 3. The first-order valence-corrected chi connectivity index (χ1v) is 9.14. The molecule has 1 aliphatic heterocycles. The fourth-order valence-electron chi connectivity index (χ4n) is 3.87. The Hall–Kier alpha value is -2.34. The number of para-hydroxylation sites is 1. The quantitative estimate of drug-likeness (QED) is 0.825. The lowest BCUT2D eigenvalue weighted by Gasteiger charge is -2.18. The molecule has 6 nitrogen and oxygen atoms in total. The summed E-state index contributed by atoms with van der Waals surface area (Å²) >= 11 is 0. The molecule has 1 N–H and O–H groups in total. The number of carboxylic acids is 1. The van der Waals surface area contributed by atoms with Crippen molar-refractivity contribution in [2.45, 2.75) is 39.3 Å². The van der Waals surface area contributed by atoms with Gasteiger partial charge in [-0.2, -0.15) is 5.10 Å². The van der Waals surface area contributed by atoms with E-state index in [-0.39, 0.29) is 5.92 Å². The monoisotopic (exact) mass is 357 g/mol. The van der Waals surface area contributed by atoms with Gasteiger partial charge in [0.15, 0.2) is 0 Å². The van der Waals surface area contributed by atoms with Crippen LogP contribution in [0.15, 0.2) is 30.5 Å². The van der Waals surface area contributed by atoms with E-state index in [1.165, 1.54) is 11.3 Å². The molecule has 1 aliphatic rings. The minimum atomic E-state index is -0.748. The summed E-state index contributed by atoms with van der Waals surface area (Å²) in [4.78, 5) is 14.1. The van der Waals surface area contributed by atoms with Gasteiger partial charge in [-0.25, -0.2) is 0 Å². The Bertz CT molecular complexity index is 771. The highest BCUT2D eigenvalue weighted by Gasteiger charge is 2.39. The van der Waals surface area contributed by atoms with Gasteiger partial charge in [0, 0.05) is 43.4 Å². The normalized spacial score (nSPS) is 20.4. The van der Waals surface area contributed by atoms with E-state index in [4.69, 9.17) is 4.74 Å². The average molecular weight is 357 g/mol. The van der Waals surface area contributed by atoms with E-state index in [1.54, 1.807) is 7.11 Å². The number of ether oxygens (including phenoxy) is 1. The van der Waals surface area contributed by atoms with E-state index in [9.17, 15) is 9.90 Å². The molecule has 140 valence electrons. The maximum Gasteiger partial charge on any atom is 0.308 e. The third kappa shape index (κ3) is 3.60. The first kappa shape index (κ1) is 18.5. The van der Waals surface area contributed by atoms with Crippen molar-refractivity contribution in [3.63, 3.8) is 0 Å². The standard InChI is InChI=1S/C20H27N3O3/c1-4-9-23-14(2)15(10-21-23)11-22-12-17(18(13-22)20(24)25)16-7-5-6-8-19(16)26-3/h5-8,10,17-18H,4,9,11-13H2,1-3H3,(H,24,25)/t17-,18+/m1/s1. The summed E-state index contributed by atoms with van der Waals surface area (Å²) in [6, 6.07) is 7.73. The zero-order valence-electron chi connectivity index (χ0n) is 15.7. The Kier molecular flexibility index (Phi) is 5.61. The fourth-order valence-corrected chi connectivity index (χ4v) is 3.87. The number of benzene rings is 1. The Morgan fingerprint density at radius 1 is 1.35 bits per heavy atom. The smallest absolute Gasteiger partial charge is 0.308 e. The van der Waals surface area contributed by atoms with E-state index >= 15 is 0 Å². The van der Waals surface area contributed by atoms with Crippen LogP contribution in [0.4, 0.5) is 0 Å². The Morgan fingerprint density at radius 2 is 2.12 bits per heavy atom. The van der Waals surface area contributed by atoms with Crippen LogP contribution in [0.25, 0.3) is 0 Å². The largest absolute Gasteiger partial charge is 0.496 e. The minimum Gasteiger partial charge on any atom is -0.496 e. The number of rotatable bonds is 7. The first-order valence-electron chi connectivity index (χ1n) is 9.14. The van der Waals surface area contributed by atoms with Crippen molar-refractivity contribution in [2.24, 2.45) is 5.92 Å². The third-order valence-electron chi connectivity index (χ3n) is 5.29. The number of carboxylic acid groups (broad SMARTS) is 1. The van der Waals surface area contributed by atoms with Gasteiger partial charge in [0.1, 0.15) is 5.75 Å². The van der Waals surface area contributed by atoms with Crippen LogP contribution in [0.2, 0.25) is 0 Å². The van der Waals surface area contributed by atoms with Crippen LogP contribution in [-0.2, 0) is 17.9 Å². The highest BCUT2D eigenvalue weighted by atomic mass is 16.5. The highest BCUT2D eigenvalue weighted by molar-refractivity contribution is 5.72. The molecule has 2 aromatic rings. The fraction of sp³-hybridized carbons (Fsp3) is 0.500. The average Bonchev–Trinajstić information content (AvgIpc) is 3.21. The van der Waals surface area contributed by atoms with Gasteiger partial charge in [-0.1, -0.05) is 25.1 Å². The third-order valence-corrected chi connectivity index (χ3v) is 5.29. The molecule has 0 saturated carbocycles. The summed E-state index contributed by atoms with van der Waals surface area (Å²) in [5.74, 6) is -0.494. The predicted octanol–water partition coefficient (Wildman–Crippen LogP) is 2.91. The van der Waals surface area contributed by atoms with Gasteiger partial charge < -0.3 is 9.84 Å². The molecule has 6 heteroatoms. The van der Waals surface area contributed by atoms with Gasteiger partial charge >= 0.3 is 5.97 Å². The molecule has 0 amide bonds. The molecule has 0 unspecified atom stereocenters. The van der Waals surface area contributed by atoms with Gasteiger partial charge in [0.05, 0.1) is 19.2 Å². The maximum absolute atomic E-state index is 11.9. The lowest BCUT2D eigenvalue weighted by atomic mass is 9.88. The topological polar surface area (TPSA) is 67.6 Å². The van der Waals surface area contributed by atoms with Crippen LogP contribution < -0.4 is 4.74 Å². The second kappa shape index (κ2) is 7.91. The van der Waals surface area contributed by atoms with Crippen molar-refractivity contribution >= 4 is 5.97 Å². The summed E-state index contributed by atoms with van der Waals surface area (Å²) in [6.45, 7) is 7.10. The second-order valence-corrected chi connectivity index (χ2v) is 6.97. The van der Waals surface area contributed by atoms with Gasteiger partial charge in [0.2, 0.25) is 0 Å². The number of hydrogen-bond acceptors (Lipinski definition) is 4. The summed E-state index contributed by atoms with van der Waals surface area (Å²) in [6.07, 6.45) is 2.96. The Balaban J connectivity index is 1.80. The van der Waals surface area contributed by atoms with E-state index in [2.05, 4.69) is 23.8 Å². The molecule has 2 heterocycles. The number of hydrogen-bond donors (Lipinski definition) is 1. The van der Waals surface area contributed by atoms with Crippen LogP contribution in [0.5, 0.6) is 5.75 Å². The number of aliphatic carboxylic acids is 1. The molecule has 0 radical (unpaired) electrons. The van der Waals surface area contributed by atoms with E-state index in [0.717, 1.165) is 30.8 Å². The zero-order chi connectivity index (χ0) is 18.7. The molecule has 1 fully saturated rings. The summed E-state index contributed by atoms with van der Waals surface area (Å²) in [5.41, 5.74) is 3.31. The molecule has 0 spiro atoms. The number of likely N-dealkylation sites (tertiary alicyclic amines) is 1. The van der Waals surface area contributed by atoms with Crippen molar-refractivity contribution in [1.29, 1.82) is 0 Å². The highest BCUT2D eigenvalue weighted by Crippen LogP contribution is 2.38. The molecule has 2 atom stereocenters. The number of carbonyl (C=O) groups is 1. The molecule has 0 bridgehead atoms. The molecule has 1 saturated heterocycles. The molecule has 0 aliphatic carbocycles. The molecular weight excluding hydrogens is 330 g/mol. The van der Waals surface area contributed by atoms with Gasteiger partial charge in [0.25, 0.3) is 0 Å². The van der Waals surface area contributed by atoms with Crippen LogP contribution >= 0.6 is 0 Å². The molecule has 1 aromatic carbocycles. The van der Waals surface area contributed by atoms with Crippen molar-refractivity contribution in [2.75, 3.05) is 20.2 Å². The van der Waals surface area contributed by atoms with Gasteiger partial charge in [-0.3, -0.25) is 14.4 Å². The Morgan fingerprint density at radius 3 is 2.81 bits per heavy atom. The van der Waals surface area contributed by atoms with Crippen LogP contribution in [0.3, 0.4) is 0 Å². The molecular formula is C20H27N3O3. The number of aromatic nitrogens is 2. The minimum absolute atomic E-state index is 0.0744. The van der Waals surface area contributed by atoms with Crippen molar-refractivity contribution in [1.82, 2.24) is 14.7 Å². The van der Waals surface area contributed by atoms with Crippen LogP contribution in [0, 0.1) is 12.8 Å².